The summed E-state index contributed by atoms with van der Waals surface area (Å²) in [4.78, 5) is 22.7. The zero-order chi connectivity index (χ0) is 17.6. The molecule has 1 amide bonds. The van der Waals surface area contributed by atoms with Crippen molar-refractivity contribution in [2.24, 2.45) is 0 Å². The lowest BCUT2D eigenvalue weighted by atomic mass is 10.0. The number of morpholine rings is 1. The summed E-state index contributed by atoms with van der Waals surface area (Å²) in [5.41, 5.74) is 2.00. The number of ether oxygens (including phenoxy) is 1. The summed E-state index contributed by atoms with van der Waals surface area (Å²) < 4.78 is 18.6. The van der Waals surface area contributed by atoms with Gasteiger partial charge in [-0.3, -0.25) is 14.7 Å². The van der Waals surface area contributed by atoms with Crippen molar-refractivity contribution < 1.29 is 13.9 Å². The number of aryl methyl sites for hydroxylation is 1. The van der Waals surface area contributed by atoms with Crippen molar-refractivity contribution in [3.63, 3.8) is 0 Å². The SMILES string of the molecule is Cc1cnc(C(=O)NC[C@@H](c2ccc(F)cc2)N2CCOCC2)cn1. The highest BCUT2D eigenvalue weighted by molar-refractivity contribution is 5.91. The number of hydrogen-bond donors (Lipinski definition) is 1. The Bertz CT molecular complexity index is 700. The second-order valence-corrected chi connectivity index (χ2v) is 5.97. The number of benzene rings is 1. The minimum absolute atomic E-state index is 0.0492. The molecule has 6 nitrogen and oxygen atoms in total. The molecule has 0 bridgehead atoms. The summed E-state index contributed by atoms with van der Waals surface area (Å²) in [5, 5.41) is 2.91. The fourth-order valence-corrected chi connectivity index (χ4v) is 2.82. The van der Waals surface area contributed by atoms with Crippen LogP contribution >= 0.6 is 0 Å². The zero-order valence-electron chi connectivity index (χ0n) is 14.1. The predicted molar refractivity (Wildman–Crippen MR) is 90.6 cm³/mol. The van der Waals surface area contributed by atoms with E-state index in [0.717, 1.165) is 24.3 Å². The van der Waals surface area contributed by atoms with Gasteiger partial charge >= 0.3 is 0 Å². The van der Waals surface area contributed by atoms with Gasteiger partial charge < -0.3 is 10.1 Å². The Morgan fingerprint density at radius 1 is 1.24 bits per heavy atom. The standard InChI is InChI=1S/C18H21FN4O2/c1-13-10-21-16(11-20-13)18(24)22-12-17(23-6-8-25-9-7-23)14-2-4-15(19)5-3-14/h2-5,10-11,17H,6-9,12H2,1H3,(H,22,24)/t17-/m0/s1. The molecule has 0 aliphatic carbocycles. The van der Waals surface area contributed by atoms with Crippen molar-refractivity contribution >= 4 is 5.91 Å². The first-order chi connectivity index (χ1) is 12.1. The molecule has 1 N–H and O–H groups in total. The van der Waals surface area contributed by atoms with Gasteiger partial charge in [0.15, 0.2) is 0 Å². The maximum absolute atomic E-state index is 13.2. The van der Waals surface area contributed by atoms with E-state index in [1.54, 1.807) is 18.3 Å². The molecule has 1 fully saturated rings. The van der Waals surface area contributed by atoms with Crippen LogP contribution in [-0.2, 0) is 4.74 Å². The molecule has 0 saturated carbocycles. The number of carbonyl (C=O) groups is 1. The number of amides is 1. The Balaban J connectivity index is 1.71. The third-order valence-electron chi connectivity index (χ3n) is 4.21. The number of aromatic nitrogens is 2. The van der Waals surface area contributed by atoms with E-state index >= 15 is 0 Å². The normalized spacial score (nSPS) is 16.4. The summed E-state index contributed by atoms with van der Waals surface area (Å²) in [6.07, 6.45) is 3.03. The first-order valence-corrected chi connectivity index (χ1v) is 8.27. The number of nitrogens with one attached hydrogen (secondary N) is 1. The molecule has 2 aromatic rings. The molecule has 1 aromatic carbocycles. The van der Waals surface area contributed by atoms with Crippen LogP contribution in [-0.4, -0.2) is 53.6 Å². The van der Waals surface area contributed by atoms with Gasteiger partial charge in [0, 0.05) is 25.8 Å². The van der Waals surface area contributed by atoms with E-state index in [4.69, 9.17) is 4.74 Å². The molecule has 1 aromatic heterocycles. The van der Waals surface area contributed by atoms with E-state index in [1.807, 2.05) is 6.92 Å². The second kappa shape index (κ2) is 8.13. The second-order valence-electron chi connectivity index (χ2n) is 5.97. The van der Waals surface area contributed by atoms with E-state index < -0.39 is 0 Å². The molecule has 1 aliphatic rings. The summed E-state index contributed by atoms with van der Waals surface area (Å²) in [6.45, 7) is 5.05. The van der Waals surface area contributed by atoms with Gasteiger partial charge in [0.05, 0.1) is 31.1 Å². The topological polar surface area (TPSA) is 67.4 Å². The number of hydrogen-bond acceptors (Lipinski definition) is 5. The van der Waals surface area contributed by atoms with Crippen LogP contribution in [0.15, 0.2) is 36.7 Å². The maximum Gasteiger partial charge on any atom is 0.271 e. The highest BCUT2D eigenvalue weighted by Crippen LogP contribution is 2.21. The predicted octanol–water partition coefficient (Wildman–Crippen LogP) is 1.73. The van der Waals surface area contributed by atoms with Crippen molar-refractivity contribution in [3.05, 3.63) is 59.4 Å². The third kappa shape index (κ3) is 4.58. The average molecular weight is 344 g/mol. The summed E-state index contributed by atoms with van der Waals surface area (Å²) in [6, 6.07) is 6.35. The van der Waals surface area contributed by atoms with E-state index in [1.165, 1.54) is 18.3 Å². The van der Waals surface area contributed by atoms with Gasteiger partial charge in [0.25, 0.3) is 5.91 Å². The number of rotatable bonds is 5. The van der Waals surface area contributed by atoms with Crippen LogP contribution in [0.5, 0.6) is 0 Å². The smallest absolute Gasteiger partial charge is 0.271 e. The van der Waals surface area contributed by atoms with Gasteiger partial charge in [0.1, 0.15) is 11.5 Å². The zero-order valence-corrected chi connectivity index (χ0v) is 14.1. The molecule has 1 saturated heterocycles. The van der Waals surface area contributed by atoms with Crippen molar-refractivity contribution in [3.8, 4) is 0 Å². The first kappa shape index (κ1) is 17.4. The fraction of sp³-hybridized carbons (Fsp3) is 0.389. The Hall–Kier alpha value is -2.38. The molecule has 7 heteroatoms. The van der Waals surface area contributed by atoms with Gasteiger partial charge in [-0.25, -0.2) is 9.37 Å². The molecule has 25 heavy (non-hydrogen) atoms. The van der Waals surface area contributed by atoms with Gasteiger partial charge in [-0.05, 0) is 24.6 Å². The summed E-state index contributed by atoms with van der Waals surface area (Å²) in [7, 11) is 0. The van der Waals surface area contributed by atoms with E-state index in [9.17, 15) is 9.18 Å². The van der Waals surface area contributed by atoms with E-state index in [2.05, 4.69) is 20.2 Å². The monoisotopic (exact) mass is 344 g/mol. The van der Waals surface area contributed by atoms with Crippen molar-refractivity contribution in [1.82, 2.24) is 20.2 Å². The number of nitrogens with zero attached hydrogens (tertiary/aromatic N) is 3. The molecule has 3 rings (SSSR count). The van der Waals surface area contributed by atoms with Crippen molar-refractivity contribution in [2.75, 3.05) is 32.8 Å². The minimum atomic E-state index is -0.275. The minimum Gasteiger partial charge on any atom is -0.379 e. The Labute approximate surface area is 146 Å². The lowest BCUT2D eigenvalue weighted by Crippen LogP contribution is -2.44. The lowest BCUT2D eigenvalue weighted by molar-refractivity contribution is 0.0162. The maximum atomic E-state index is 13.2. The highest BCUT2D eigenvalue weighted by atomic mass is 19.1. The molecule has 1 atom stereocenters. The van der Waals surface area contributed by atoms with Gasteiger partial charge in [-0.15, -0.1) is 0 Å². The molecule has 2 heterocycles. The molecule has 0 spiro atoms. The van der Waals surface area contributed by atoms with E-state index in [0.29, 0.717) is 19.8 Å². The number of halogens is 1. The molecular formula is C18H21FN4O2. The molecule has 0 radical (unpaired) electrons. The van der Waals surface area contributed by atoms with Gasteiger partial charge in [0.2, 0.25) is 0 Å². The molecular weight excluding hydrogens is 323 g/mol. The Morgan fingerprint density at radius 2 is 1.96 bits per heavy atom. The third-order valence-corrected chi connectivity index (χ3v) is 4.21. The summed E-state index contributed by atoms with van der Waals surface area (Å²) in [5.74, 6) is -0.545. The van der Waals surface area contributed by atoms with Crippen molar-refractivity contribution in [2.45, 2.75) is 13.0 Å². The molecule has 0 unspecified atom stereocenters. The van der Waals surface area contributed by atoms with Crippen LogP contribution in [0.2, 0.25) is 0 Å². The highest BCUT2D eigenvalue weighted by Gasteiger charge is 2.23. The molecule has 132 valence electrons. The average Bonchev–Trinajstić information content (AvgIpc) is 2.64. The van der Waals surface area contributed by atoms with E-state index in [-0.39, 0.29) is 23.5 Å². The van der Waals surface area contributed by atoms with Crippen LogP contribution in [0.3, 0.4) is 0 Å². The van der Waals surface area contributed by atoms with Crippen molar-refractivity contribution in [1.29, 1.82) is 0 Å². The van der Waals surface area contributed by atoms with Gasteiger partial charge in [-0.1, -0.05) is 12.1 Å². The van der Waals surface area contributed by atoms with Crippen LogP contribution in [0.25, 0.3) is 0 Å². The largest absolute Gasteiger partial charge is 0.379 e. The fourth-order valence-electron chi connectivity index (χ4n) is 2.82. The van der Waals surface area contributed by atoms with Crippen LogP contribution < -0.4 is 5.32 Å². The van der Waals surface area contributed by atoms with Crippen LogP contribution in [0.4, 0.5) is 4.39 Å². The van der Waals surface area contributed by atoms with Crippen LogP contribution in [0, 0.1) is 12.7 Å². The Morgan fingerprint density at radius 3 is 2.60 bits per heavy atom. The van der Waals surface area contributed by atoms with Gasteiger partial charge in [-0.2, -0.15) is 0 Å². The number of carbonyl (C=O) groups excluding carboxylic acids is 1. The molecule has 1 aliphatic heterocycles. The Kier molecular flexibility index (Phi) is 5.67. The summed E-state index contributed by atoms with van der Waals surface area (Å²) >= 11 is 0. The quantitative estimate of drug-likeness (QED) is 0.895. The first-order valence-electron chi connectivity index (χ1n) is 8.27. The lowest BCUT2D eigenvalue weighted by Gasteiger charge is -2.34. The van der Waals surface area contributed by atoms with Crippen LogP contribution in [0.1, 0.15) is 27.8 Å².